The second-order valence-electron chi connectivity index (χ2n) is 6.70. The fraction of sp³-hybridized carbons (Fsp3) is 0.286. The maximum Gasteiger partial charge on any atom is 0.224 e. The highest BCUT2D eigenvalue weighted by atomic mass is 19.1. The van der Waals surface area contributed by atoms with E-state index in [9.17, 15) is 9.18 Å². The third kappa shape index (κ3) is 3.60. The number of carbonyl (C=O) groups is 1. The zero-order valence-electron chi connectivity index (χ0n) is 15.0. The van der Waals surface area contributed by atoms with Crippen molar-refractivity contribution >= 4 is 16.8 Å². The fourth-order valence-electron chi connectivity index (χ4n) is 3.40. The Kier molecular flexibility index (Phi) is 4.71. The zero-order chi connectivity index (χ0) is 18.8. The number of amides is 1. The minimum absolute atomic E-state index is 0.0934. The number of rotatable bonds is 5. The molecule has 2 N–H and O–H groups in total. The molecule has 0 bridgehead atoms. The van der Waals surface area contributed by atoms with E-state index in [0.717, 1.165) is 28.1 Å². The Morgan fingerprint density at radius 3 is 2.89 bits per heavy atom. The molecule has 5 nitrogen and oxygen atoms in total. The molecule has 1 unspecified atom stereocenters. The summed E-state index contributed by atoms with van der Waals surface area (Å²) in [7, 11) is 0. The van der Waals surface area contributed by atoms with E-state index >= 15 is 0 Å². The fourth-order valence-corrected chi connectivity index (χ4v) is 3.40. The molecular formula is C21H21FN2O3. The predicted molar refractivity (Wildman–Crippen MR) is 101 cm³/mol. The van der Waals surface area contributed by atoms with Crippen LogP contribution in [-0.2, 0) is 11.2 Å². The summed E-state index contributed by atoms with van der Waals surface area (Å²) >= 11 is 0. The largest absolute Gasteiger partial charge is 0.486 e. The van der Waals surface area contributed by atoms with E-state index < -0.39 is 0 Å². The number of nitrogens with one attached hydrogen (secondary N) is 2. The van der Waals surface area contributed by atoms with Gasteiger partial charge in [0, 0.05) is 24.0 Å². The molecule has 1 amide bonds. The van der Waals surface area contributed by atoms with E-state index in [0.29, 0.717) is 25.1 Å². The maximum atomic E-state index is 13.9. The number of benzene rings is 2. The first-order chi connectivity index (χ1) is 13.1. The molecule has 0 saturated heterocycles. The van der Waals surface area contributed by atoms with Crippen LogP contribution in [0.3, 0.4) is 0 Å². The number of para-hydroxylation sites is 3. The van der Waals surface area contributed by atoms with Crippen molar-refractivity contribution in [3.63, 3.8) is 0 Å². The van der Waals surface area contributed by atoms with E-state index in [-0.39, 0.29) is 24.2 Å². The van der Waals surface area contributed by atoms with Crippen LogP contribution < -0.4 is 14.8 Å². The Morgan fingerprint density at radius 1 is 1.22 bits per heavy atom. The molecular weight excluding hydrogens is 347 g/mol. The highest BCUT2D eigenvalue weighted by molar-refractivity contribution is 5.90. The van der Waals surface area contributed by atoms with Gasteiger partial charge in [-0.25, -0.2) is 4.39 Å². The maximum absolute atomic E-state index is 13.9. The second-order valence-corrected chi connectivity index (χ2v) is 6.70. The first-order valence-corrected chi connectivity index (χ1v) is 9.02. The lowest BCUT2D eigenvalue weighted by Crippen LogP contribution is -2.34. The summed E-state index contributed by atoms with van der Waals surface area (Å²) in [5.41, 5.74) is 2.09. The first-order valence-electron chi connectivity index (χ1n) is 9.02. The minimum Gasteiger partial charge on any atom is -0.486 e. The van der Waals surface area contributed by atoms with Crippen LogP contribution in [0.25, 0.3) is 10.9 Å². The van der Waals surface area contributed by atoms with Crippen molar-refractivity contribution < 1.29 is 18.7 Å². The number of halogens is 1. The van der Waals surface area contributed by atoms with Crippen LogP contribution in [0.5, 0.6) is 11.5 Å². The van der Waals surface area contributed by atoms with E-state index in [1.807, 2.05) is 37.3 Å². The molecule has 0 aliphatic carbocycles. The number of hydrogen-bond acceptors (Lipinski definition) is 3. The van der Waals surface area contributed by atoms with Crippen molar-refractivity contribution in [3.8, 4) is 11.5 Å². The summed E-state index contributed by atoms with van der Waals surface area (Å²) in [6.45, 7) is 2.81. The van der Waals surface area contributed by atoms with Gasteiger partial charge in [0.1, 0.15) is 18.5 Å². The average molecular weight is 368 g/mol. The van der Waals surface area contributed by atoms with Crippen molar-refractivity contribution in [2.75, 3.05) is 13.2 Å². The Hall–Kier alpha value is -3.02. The Morgan fingerprint density at radius 2 is 2.04 bits per heavy atom. The van der Waals surface area contributed by atoms with Crippen LogP contribution >= 0.6 is 0 Å². The van der Waals surface area contributed by atoms with Crippen LogP contribution in [-0.4, -0.2) is 30.1 Å². The topological polar surface area (TPSA) is 63.4 Å². The highest BCUT2D eigenvalue weighted by Crippen LogP contribution is 2.31. The van der Waals surface area contributed by atoms with Crippen molar-refractivity contribution in [3.05, 3.63) is 59.5 Å². The number of H-pyrrole nitrogens is 1. The van der Waals surface area contributed by atoms with Crippen LogP contribution in [0.15, 0.2) is 42.5 Å². The van der Waals surface area contributed by atoms with Gasteiger partial charge in [-0.05, 0) is 30.7 Å². The lowest BCUT2D eigenvalue weighted by molar-refractivity contribution is -0.120. The van der Waals surface area contributed by atoms with E-state index in [2.05, 4.69) is 10.3 Å². The van der Waals surface area contributed by atoms with Gasteiger partial charge in [0.05, 0.1) is 11.9 Å². The third-order valence-electron chi connectivity index (χ3n) is 4.80. The molecule has 6 heteroatoms. The molecule has 1 atom stereocenters. The predicted octanol–water partition coefficient (Wildman–Crippen LogP) is 3.50. The number of aryl methyl sites for hydroxylation is 1. The van der Waals surface area contributed by atoms with Gasteiger partial charge in [-0.15, -0.1) is 0 Å². The average Bonchev–Trinajstić information content (AvgIpc) is 2.99. The molecule has 27 heavy (non-hydrogen) atoms. The Balaban J connectivity index is 1.32. The first kappa shape index (κ1) is 17.4. The summed E-state index contributed by atoms with van der Waals surface area (Å²) < 4.78 is 25.4. The van der Waals surface area contributed by atoms with Gasteiger partial charge in [-0.1, -0.05) is 24.3 Å². The number of carbonyl (C=O) groups excluding carboxylic acids is 1. The van der Waals surface area contributed by atoms with Crippen molar-refractivity contribution in [2.45, 2.75) is 25.9 Å². The lowest BCUT2D eigenvalue weighted by atomic mass is 10.1. The summed E-state index contributed by atoms with van der Waals surface area (Å²) in [6, 6.07) is 12.4. The summed E-state index contributed by atoms with van der Waals surface area (Å²) in [4.78, 5) is 15.4. The number of hydrogen-bond donors (Lipinski definition) is 2. The van der Waals surface area contributed by atoms with Gasteiger partial charge in [-0.3, -0.25) is 4.79 Å². The molecule has 1 aromatic heterocycles. The molecule has 2 heterocycles. The molecule has 0 saturated carbocycles. The minimum atomic E-state index is -0.308. The van der Waals surface area contributed by atoms with Crippen molar-refractivity contribution in [1.29, 1.82) is 0 Å². The van der Waals surface area contributed by atoms with Gasteiger partial charge >= 0.3 is 0 Å². The van der Waals surface area contributed by atoms with Crippen LogP contribution in [0.4, 0.5) is 4.39 Å². The summed E-state index contributed by atoms with van der Waals surface area (Å²) in [5, 5.41) is 3.67. The molecule has 4 rings (SSSR count). The summed E-state index contributed by atoms with van der Waals surface area (Å²) in [6.07, 6.45) is 0.769. The molecule has 3 aromatic rings. The molecule has 1 aliphatic heterocycles. The standard InChI is InChI=1S/C21H21FN2O3/c1-13-16(15-5-4-6-17(22)21(15)24-13)11-20(25)23-10-9-14-12-26-18-7-2-3-8-19(18)27-14/h2-8,14,24H,9-12H2,1H3,(H,23,25). The lowest BCUT2D eigenvalue weighted by Gasteiger charge is -2.26. The monoisotopic (exact) mass is 368 g/mol. The summed E-state index contributed by atoms with van der Waals surface area (Å²) in [5.74, 6) is 1.08. The Labute approximate surface area is 156 Å². The van der Waals surface area contributed by atoms with E-state index in [1.165, 1.54) is 6.07 Å². The number of ether oxygens (including phenoxy) is 2. The molecule has 0 fully saturated rings. The number of aromatic amines is 1. The second kappa shape index (κ2) is 7.31. The van der Waals surface area contributed by atoms with Crippen molar-refractivity contribution in [2.24, 2.45) is 0 Å². The highest BCUT2D eigenvalue weighted by Gasteiger charge is 2.20. The van der Waals surface area contributed by atoms with Crippen LogP contribution in [0, 0.1) is 12.7 Å². The molecule has 0 spiro atoms. The Bertz CT molecular complexity index is 983. The SMILES string of the molecule is Cc1[nH]c2c(F)cccc2c1CC(=O)NCCC1COc2ccccc2O1. The van der Waals surface area contributed by atoms with Crippen LogP contribution in [0.2, 0.25) is 0 Å². The third-order valence-corrected chi connectivity index (χ3v) is 4.80. The molecule has 140 valence electrons. The van der Waals surface area contributed by atoms with Gasteiger partial charge in [0.15, 0.2) is 11.5 Å². The zero-order valence-corrected chi connectivity index (χ0v) is 15.0. The molecule has 0 radical (unpaired) electrons. The number of fused-ring (bicyclic) bond motifs is 2. The van der Waals surface area contributed by atoms with E-state index in [4.69, 9.17) is 9.47 Å². The van der Waals surface area contributed by atoms with Gasteiger partial charge in [-0.2, -0.15) is 0 Å². The smallest absolute Gasteiger partial charge is 0.224 e. The molecule has 2 aromatic carbocycles. The van der Waals surface area contributed by atoms with Gasteiger partial charge in [0.2, 0.25) is 5.91 Å². The van der Waals surface area contributed by atoms with Crippen molar-refractivity contribution in [1.82, 2.24) is 10.3 Å². The van der Waals surface area contributed by atoms with Gasteiger partial charge in [0.25, 0.3) is 0 Å². The normalized spacial score (nSPS) is 15.7. The number of aromatic nitrogens is 1. The van der Waals surface area contributed by atoms with Gasteiger partial charge < -0.3 is 19.8 Å². The van der Waals surface area contributed by atoms with E-state index in [1.54, 1.807) is 6.07 Å². The molecule has 1 aliphatic rings. The quantitative estimate of drug-likeness (QED) is 0.724. The van der Waals surface area contributed by atoms with Crippen LogP contribution in [0.1, 0.15) is 17.7 Å².